The average molecular weight is 424 g/mol. The summed E-state index contributed by atoms with van der Waals surface area (Å²) in [6.45, 7) is 6.95. The van der Waals surface area contributed by atoms with E-state index in [1.807, 2.05) is 0 Å². The molecule has 0 aliphatic rings. The lowest BCUT2D eigenvalue weighted by atomic mass is 9.93. The van der Waals surface area contributed by atoms with Crippen LogP contribution >= 0.6 is 0 Å². The summed E-state index contributed by atoms with van der Waals surface area (Å²) in [6, 6.07) is 9.69. The van der Waals surface area contributed by atoms with Gasteiger partial charge < -0.3 is 19.7 Å². The van der Waals surface area contributed by atoms with Gasteiger partial charge in [-0.2, -0.15) is 0 Å². The summed E-state index contributed by atoms with van der Waals surface area (Å²) in [5.74, 6) is 0.106. The van der Waals surface area contributed by atoms with Gasteiger partial charge in [-0.05, 0) is 85.4 Å². The number of ether oxygens (including phenoxy) is 2. The van der Waals surface area contributed by atoms with Crippen molar-refractivity contribution in [3.63, 3.8) is 0 Å². The van der Waals surface area contributed by atoms with Crippen molar-refractivity contribution in [1.82, 2.24) is 0 Å². The Labute approximate surface area is 182 Å². The van der Waals surface area contributed by atoms with E-state index in [1.165, 1.54) is 26.4 Å². The third-order valence-corrected chi connectivity index (χ3v) is 5.51. The molecule has 31 heavy (non-hydrogen) atoms. The Kier molecular flexibility index (Phi) is 7.64. The van der Waals surface area contributed by atoms with E-state index >= 15 is 0 Å². The lowest BCUT2D eigenvalue weighted by molar-refractivity contribution is -0.122. The minimum Gasteiger partial charge on any atom is -0.504 e. The van der Waals surface area contributed by atoms with Crippen LogP contribution in [0.3, 0.4) is 0 Å². The van der Waals surface area contributed by atoms with Crippen LogP contribution in [0.4, 0.5) is 0 Å². The monoisotopic (exact) mass is 424 g/mol. The molecule has 6 nitrogen and oxygen atoms in total. The first kappa shape index (κ1) is 23.7. The molecule has 0 heterocycles. The molecule has 0 atom stereocenters. The molecular formula is C25H28O6. The zero-order valence-corrected chi connectivity index (χ0v) is 18.7. The second-order valence-corrected chi connectivity index (χ2v) is 7.30. The number of methoxy groups -OCH3 is 2. The van der Waals surface area contributed by atoms with Crippen LogP contribution in [0.5, 0.6) is 23.0 Å². The molecule has 0 fully saturated rings. The van der Waals surface area contributed by atoms with Gasteiger partial charge in [0.25, 0.3) is 0 Å². The van der Waals surface area contributed by atoms with Crippen LogP contribution in [0.1, 0.15) is 45.2 Å². The van der Waals surface area contributed by atoms with Crippen molar-refractivity contribution in [2.45, 2.75) is 34.1 Å². The van der Waals surface area contributed by atoms with Crippen molar-refractivity contribution in [1.29, 1.82) is 0 Å². The van der Waals surface area contributed by atoms with E-state index in [0.29, 0.717) is 33.8 Å². The lowest BCUT2D eigenvalue weighted by Crippen LogP contribution is -2.11. The van der Waals surface area contributed by atoms with Crippen molar-refractivity contribution in [3.8, 4) is 23.0 Å². The topological polar surface area (TPSA) is 93.1 Å². The maximum absolute atomic E-state index is 12.8. The highest BCUT2D eigenvalue weighted by molar-refractivity contribution is 6.16. The number of phenols is 2. The standard InChI is InChI=1S/C25H28O6/c1-14(18-7-9-20(26)24(11-18)30-5)16(3)22(28)13-23(29)17(4)15(2)19-8-10-21(27)25(12-19)31-6/h7-12,26-27H,13H2,1-6H3/b16-14+,17-15+. The number of Topliss-reactive ketones (excluding diaryl/α,β-unsaturated/α-hetero) is 2. The van der Waals surface area contributed by atoms with E-state index in [0.717, 1.165) is 11.1 Å². The van der Waals surface area contributed by atoms with E-state index < -0.39 is 0 Å². The molecule has 2 aromatic carbocycles. The summed E-state index contributed by atoms with van der Waals surface area (Å²) in [5.41, 5.74) is 3.81. The SMILES string of the molecule is COc1cc(/C(C)=C(\C)C(=O)CC(=O)/C(C)=C(\C)c2ccc(O)c(OC)c2)ccc1O. The van der Waals surface area contributed by atoms with Crippen LogP contribution in [-0.4, -0.2) is 36.0 Å². The first-order chi connectivity index (χ1) is 14.6. The molecule has 0 aliphatic heterocycles. The van der Waals surface area contributed by atoms with Gasteiger partial charge in [0.2, 0.25) is 0 Å². The highest BCUT2D eigenvalue weighted by Crippen LogP contribution is 2.32. The normalized spacial score (nSPS) is 12.6. The quantitative estimate of drug-likeness (QED) is 0.461. The maximum atomic E-state index is 12.8. The number of phenolic OH excluding ortho intramolecular Hbond substituents is 2. The van der Waals surface area contributed by atoms with Crippen LogP contribution in [0.25, 0.3) is 11.1 Å². The first-order valence-corrected chi connectivity index (χ1v) is 9.76. The largest absolute Gasteiger partial charge is 0.504 e. The van der Waals surface area contributed by atoms with Gasteiger partial charge in [0.15, 0.2) is 34.6 Å². The number of hydrogen-bond acceptors (Lipinski definition) is 6. The van der Waals surface area contributed by atoms with E-state index in [9.17, 15) is 19.8 Å². The molecule has 0 amide bonds. The molecule has 0 spiro atoms. The fraction of sp³-hybridized carbons (Fsp3) is 0.280. The highest BCUT2D eigenvalue weighted by Gasteiger charge is 2.18. The minimum absolute atomic E-state index is 0.0142. The van der Waals surface area contributed by atoms with Gasteiger partial charge >= 0.3 is 0 Å². The minimum atomic E-state index is -0.273. The Bertz CT molecular complexity index is 990. The van der Waals surface area contributed by atoms with E-state index in [1.54, 1.807) is 52.0 Å². The van der Waals surface area contributed by atoms with Crippen LogP contribution in [0.15, 0.2) is 47.5 Å². The third kappa shape index (κ3) is 5.34. The summed E-state index contributed by atoms with van der Waals surface area (Å²) in [6.07, 6.45) is -0.253. The molecule has 0 unspecified atom stereocenters. The van der Waals surface area contributed by atoms with Crippen molar-refractivity contribution < 1.29 is 29.3 Å². The van der Waals surface area contributed by atoms with Crippen LogP contribution in [0, 0.1) is 0 Å². The summed E-state index contributed by atoms with van der Waals surface area (Å²) in [5, 5.41) is 19.5. The number of benzene rings is 2. The molecule has 164 valence electrons. The van der Waals surface area contributed by atoms with Gasteiger partial charge in [0, 0.05) is 0 Å². The molecule has 2 aromatic rings. The number of carbonyl (C=O) groups is 2. The second kappa shape index (κ2) is 9.98. The van der Waals surface area contributed by atoms with E-state index in [4.69, 9.17) is 9.47 Å². The maximum Gasteiger partial charge on any atom is 0.166 e. The Morgan fingerprint density at radius 3 is 1.39 bits per heavy atom. The molecular weight excluding hydrogens is 396 g/mol. The summed E-state index contributed by atoms with van der Waals surface area (Å²) in [7, 11) is 2.91. The molecule has 0 bridgehead atoms. The molecule has 0 radical (unpaired) electrons. The van der Waals surface area contributed by atoms with Gasteiger partial charge in [-0.25, -0.2) is 0 Å². The zero-order chi connectivity index (χ0) is 23.3. The highest BCUT2D eigenvalue weighted by atomic mass is 16.5. The molecule has 2 N–H and O–H groups in total. The molecule has 0 aromatic heterocycles. The fourth-order valence-electron chi connectivity index (χ4n) is 3.08. The Hall–Kier alpha value is -3.54. The number of aromatic hydroxyl groups is 2. The van der Waals surface area contributed by atoms with Crippen LogP contribution in [-0.2, 0) is 9.59 Å². The van der Waals surface area contributed by atoms with Crippen molar-refractivity contribution in [2.24, 2.45) is 0 Å². The predicted octanol–water partition coefficient (Wildman–Crippen LogP) is 4.93. The van der Waals surface area contributed by atoms with Gasteiger partial charge in [-0.3, -0.25) is 9.59 Å². The van der Waals surface area contributed by atoms with Crippen molar-refractivity contribution in [3.05, 3.63) is 58.7 Å². The number of hydrogen-bond donors (Lipinski definition) is 2. The number of rotatable bonds is 8. The molecule has 0 saturated carbocycles. The Balaban J connectivity index is 2.26. The van der Waals surface area contributed by atoms with E-state index in [2.05, 4.69) is 0 Å². The predicted molar refractivity (Wildman–Crippen MR) is 120 cm³/mol. The Morgan fingerprint density at radius 1 is 0.710 bits per heavy atom. The Morgan fingerprint density at radius 2 is 1.06 bits per heavy atom. The number of ketones is 2. The zero-order valence-electron chi connectivity index (χ0n) is 18.7. The van der Waals surface area contributed by atoms with Gasteiger partial charge in [-0.1, -0.05) is 12.1 Å². The smallest absolute Gasteiger partial charge is 0.166 e. The molecule has 0 aliphatic carbocycles. The molecule has 0 saturated heterocycles. The summed E-state index contributed by atoms with van der Waals surface area (Å²) in [4.78, 5) is 25.5. The lowest BCUT2D eigenvalue weighted by Gasteiger charge is -2.12. The number of carbonyl (C=O) groups excluding carboxylic acids is 2. The molecule has 6 heteroatoms. The second-order valence-electron chi connectivity index (χ2n) is 7.30. The van der Waals surface area contributed by atoms with Crippen molar-refractivity contribution >= 4 is 22.7 Å². The van der Waals surface area contributed by atoms with Crippen LogP contribution < -0.4 is 9.47 Å². The van der Waals surface area contributed by atoms with Crippen molar-refractivity contribution in [2.75, 3.05) is 14.2 Å². The average Bonchev–Trinajstić information content (AvgIpc) is 2.77. The first-order valence-electron chi connectivity index (χ1n) is 9.76. The van der Waals surface area contributed by atoms with E-state index in [-0.39, 0.29) is 29.5 Å². The van der Waals surface area contributed by atoms with Crippen LogP contribution in [0.2, 0.25) is 0 Å². The van der Waals surface area contributed by atoms with Gasteiger partial charge in [0.1, 0.15) is 0 Å². The van der Waals surface area contributed by atoms with Gasteiger partial charge in [-0.15, -0.1) is 0 Å². The van der Waals surface area contributed by atoms with Gasteiger partial charge in [0.05, 0.1) is 20.6 Å². The number of allylic oxidation sites excluding steroid dienone is 4. The fourth-order valence-corrected chi connectivity index (χ4v) is 3.08. The summed E-state index contributed by atoms with van der Waals surface area (Å²) >= 11 is 0. The summed E-state index contributed by atoms with van der Waals surface area (Å²) < 4.78 is 10.2. The molecule has 2 rings (SSSR count). The third-order valence-electron chi connectivity index (χ3n) is 5.51.